The van der Waals surface area contributed by atoms with Gasteiger partial charge in [-0.15, -0.1) is 0 Å². The van der Waals surface area contributed by atoms with E-state index in [9.17, 15) is 5.11 Å². The van der Waals surface area contributed by atoms with E-state index in [-0.39, 0.29) is 0 Å². The van der Waals surface area contributed by atoms with Gasteiger partial charge >= 0.3 is 0 Å². The van der Waals surface area contributed by atoms with Crippen LogP contribution < -0.4 is 4.48 Å². The van der Waals surface area contributed by atoms with Crippen molar-refractivity contribution in [1.29, 1.82) is 0 Å². The number of quaternary nitrogens is 1. The Morgan fingerprint density at radius 3 is 2.31 bits per heavy atom. The van der Waals surface area contributed by atoms with E-state index in [1.54, 1.807) is 6.07 Å². The Kier molecular flexibility index (Phi) is 2.62. The number of phenolic OH excluding ortho intramolecular Hbond substituents is 1. The second kappa shape index (κ2) is 3.38. The van der Waals surface area contributed by atoms with Gasteiger partial charge in [0, 0.05) is 6.07 Å². The third-order valence-corrected chi connectivity index (χ3v) is 2.17. The minimum absolute atomic E-state index is 0.379. The molecule has 1 N–H and O–H groups in total. The molecule has 1 aromatic carbocycles. The lowest BCUT2D eigenvalue weighted by atomic mass is 10.1. The standard InChI is InChI=1S/C11H17NO/c1-5-9-6-7-11(13)10(8-9)12(2,3)4/h6-8H,5H2,1-4H3/p+1. The average molecular weight is 180 g/mol. The molecule has 0 amide bonds. The Balaban J connectivity index is 3.19. The molecule has 0 aromatic heterocycles. The van der Waals surface area contributed by atoms with Crippen LogP contribution in [0.1, 0.15) is 12.5 Å². The first kappa shape index (κ1) is 10.1. The van der Waals surface area contributed by atoms with Crippen LogP contribution in [-0.2, 0) is 6.42 Å². The van der Waals surface area contributed by atoms with Crippen molar-refractivity contribution in [2.45, 2.75) is 13.3 Å². The Morgan fingerprint density at radius 2 is 1.85 bits per heavy atom. The molecule has 0 aliphatic carbocycles. The normalized spacial score (nSPS) is 11.7. The maximum atomic E-state index is 9.65. The predicted molar refractivity (Wildman–Crippen MR) is 57.1 cm³/mol. The summed E-state index contributed by atoms with van der Waals surface area (Å²) in [7, 11) is 6.15. The Bertz CT molecular complexity index is 299. The van der Waals surface area contributed by atoms with Crippen molar-refractivity contribution in [3.05, 3.63) is 23.8 Å². The van der Waals surface area contributed by atoms with Gasteiger partial charge in [0.1, 0.15) is 0 Å². The molecule has 2 nitrogen and oxygen atoms in total. The zero-order valence-electron chi connectivity index (χ0n) is 8.83. The molecule has 0 aliphatic heterocycles. The second-order valence-corrected chi connectivity index (χ2v) is 4.19. The highest BCUT2D eigenvalue weighted by molar-refractivity contribution is 5.55. The van der Waals surface area contributed by atoms with Crippen molar-refractivity contribution in [3.63, 3.8) is 0 Å². The van der Waals surface area contributed by atoms with Gasteiger partial charge in [-0.3, -0.25) is 4.48 Å². The van der Waals surface area contributed by atoms with Crippen LogP contribution in [-0.4, -0.2) is 26.2 Å². The van der Waals surface area contributed by atoms with Crippen LogP contribution in [0.5, 0.6) is 5.75 Å². The summed E-state index contributed by atoms with van der Waals surface area (Å²) >= 11 is 0. The van der Waals surface area contributed by atoms with E-state index < -0.39 is 0 Å². The highest BCUT2D eigenvalue weighted by Crippen LogP contribution is 2.29. The van der Waals surface area contributed by atoms with Gasteiger partial charge in [0.15, 0.2) is 11.4 Å². The van der Waals surface area contributed by atoms with E-state index in [0.717, 1.165) is 12.1 Å². The number of aryl methyl sites for hydroxylation is 1. The van der Waals surface area contributed by atoms with E-state index in [1.807, 2.05) is 6.07 Å². The number of phenols is 1. The Labute approximate surface area is 80.0 Å². The Morgan fingerprint density at radius 1 is 1.23 bits per heavy atom. The Hall–Kier alpha value is -1.02. The largest absolute Gasteiger partial charge is 0.503 e. The van der Waals surface area contributed by atoms with E-state index in [4.69, 9.17) is 0 Å². The highest BCUT2D eigenvalue weighted by Gasteiger charge is 2.17. The van der Waals surface area contributed by atoms with Crippen molar-refractivity contribution in [1.82, 2.24) is 4.48 Å². The van der Waals surface area contributed by atoms with Crippen LogP contribution in [0.2, 0.25) is 0 Å². The maximum absolute atomic E-state index is 9.65. The summed E-state index contributed by atoms with van der Waals surface area (Å²) in [6.45, 7) is 2.12. The SMILES string of the molecule is CCc1ccc(O)c([N+](C)(C)C)c1. The van der Waals surface area contributed by atoms with E-state index in [1.165, 1.54) is 5.56 Å². The number of hydrogen-bond donors (Lipinski definition) is 1. The maximum Gasteiger partial charge on any atom is 0.177 e. The number of aromatic hydroxyl groups is 1. The fraction of sp³-hybridized carbons (Fsp3) is 0.455. The van der Waals surface area contributed by atoms with Crippen LogP contribution in [0.15, 0.2) is 18.2 Å². The molecule has 13 heavy (non-hydrogen) atoms. The molecule has 1 rings (SSSR count). The van der Waals surface area contributed by atoms with Crippen molar-refractivity contribution >= 4 is 5.69 Å². The van der Waals surface area contributed by atoms with Gasteiger partial charge in [-0.1, -0.05) is 13.0 Å². The fourth-order valence-corrected chi connectivity index (χ4v) is 1.33. The van der Waals surface area contributed by atoms with Crippen LogP contribution in [0.4, 0.5) is 5.69 Å². The zero-order chi connectivity index (χ0) is 10.1. The van der Waals surface area contributed by atoms with Gasteiger partial charge in [0.2, 0.25) is 0 Å². The average Bonchev–Trinajstić information content (AvgIpc) is 2.03. The minimum Gasteiger partial charge on any atom is -0.503 e. The van der Waals surface area contributed by atoms with E-state index in [2.05, 4.69) is 34.1 Å². The fourth-order valence-electron chi connectivity index (χ4n) is 1.33. The monoisotopic (exact) mass is 180 g/mol. The lowest BCUT2D eigenvalue weighted by molar-refractivity contribution is 0.426. The quantitative estimate of drug-likeness (QED) is 0.691. The molecule has 0 aliphatic rings. The topological polar surface area (TPSA) is 20.2 Å². The summed E-state index contributed by atoms with van der Waals surface area (Å²) < 4.78 is 0.652. The molecule has 0 atom stereocenters. The van der Waals surface area contributed by atoms with Crippen molar-refractivity contribution in [2.24, 2.45) is 0 Å². The molecule has 2 heteroatoms. The smallest absolute Gasteiger partial charge is 0.177 e. The summed E-state index contributed by atoms with van der Waals surface area (Å²) in [5.74, 6) is 0.379. The molecule has 0 bridgehead atoms. The number of rotatable bonds is 2. The molecule has 1 aromatic rings. The van der Waals surface area contributed by atoms with E-state index in [0.29, 0.717) is 10.2 Å². The lowest BCUT2D eigenvalue weighted by Crippen LogP contribution is -2.34. The molecular formula is C11H18NO+. The van der Waals surface area contributed by atoms with Gasteiger partial charge in [0.25, 0.3) is 0 Å². The highest BCUT2D eigenvalue weighted by atomic mass is 16.3. The van der Waals surface area contributed by atoms with E-state index >= 15 is 0 Å². The van der Waals surface area contributed by atoms with Crippen molar-refractivity contribution in [2.75, 3.05) is 21.1 Å². The summed E-state index contributed by atoms with van der Waals surface area (Å²) in [6.07, 6.45) is 1.01. The molecule has 0 saturated heterocycles. The van der Waals surface area contributed by atoms with Crippen molar-refractivity contribution < 1.29 is 5.11 Å². The van der Waals surface area contributed by atoms with Crippen molar-refractivity contribution in [3.8, 4) is 5.75 Å². The third kappa shape index (κ3) is 2.22. The minimum atomic E-state index is 0.379. The number of nitrogens with zero attached hydrogens (tertiary/aromatic N) is 1. The first-order valence-electron chi connectivity index (χ1n) is 4.59. The summed E-state index contributed by atoms with van der Waals surface area (Å²) in [5, 5.41) is 9.65. The van der Waals surface area contributed by atoms with Gasteiger partial charge in [-0.2, -0.15) is 0 Å². The molecule has 72 valence electrons. The molecule has 0 saturated carbocycles. The van der Waals surface area contributed by atoms with Crippen LogP contribution in [0, 0.1) is 0 Å². The second-order valence-electron chi connectivity index (χ2n) is 4.19. The lowest BCUT2D eigenvalue weighted by Gasteiger charge is -2.24. The molecule has 0 unspecified atom stereocenters. The van der Waals surface area contributed by atoms with Gasteiger partial charge in [-0.25, -0.2) is 0 Å². The predicted octanol–water partition coefficient (Wildman–Crippen LogP) is 2.15. The molecular weight excluding hydrogens is 162 g/mol. The molecule has 0 spiro atoms. The number of benzene rings is 1. The number of hydrogen-bond acceptors (Lipinski definition) is 1. The summed E-state index contributed by atoms with van der Waals surface area (Å²) in [4.78, 5) is 0. The first-order chi connectivity index (χ1) is 5.95. The molecule has 0 heterocycles. The summed E-state index contributed by atoms with van der Waals surface area (Å²) in [6, 6.07) is 5.81. The van der Waals surface area contributed by atoms with Crippen LogP contribution in [0.25, 0.3) is 0 Å². The zero-order valence-corrected chi connectivity index (χ0v) is 8.83. The molecule has 0 radical (unpaired) electrons. The van der Waals surface area contributed by atoms with Gasteiger partial charge < -0.3 is 5.11 Å². The summed E-state index contributed by atoms with van der Waals surface area (Å²) in [5.41, 5.74) is 2.24. The molecule has 0 fully saturated rings. The van der Waals surface area contributed by atoms with Crippen LogP contribution >= 0.6 is 0 Å². The van der Waals surface area contributed by atoms with Gasteiger partial charge in [-0.05, 0) is 18.1 Å². The third-order valence-electron chi connectivity index (χ3n) is 2.17. The van der Waals surface area contributed by atoms with Gasteiger partial charge in [0.05, 0.1) is 21.1 Å². The first-order valence-corrected chi connectivity index (χ1v) is 4.59. The van der Waals surface area contributed by atoms with Crippen LogP contribution in [0.3, 0.4) is 0 Å².